The third kappa shape index (κ3) is 3.45. The second-order valence-corrected chi connectivity index (χ2v) is 4.47. The molecule has 1 aliphatic carbocycles. The minimum atomic E-state index is -0.556. The standard InChI is InChI=1S/C13H13N3O4/c14-8-9-1-4-11(12(7-9)16(18)19)15-5-6-20-13(17)10-2-3-10/h1,4,7,10,15H,2-3,5-6H2. The van der Waals surface area contributed by atoms with Crippen molar-refractivity contribution < 1.29 is 14.5 Å². The van der Waals surface area contributed by atoms with Gasteiger partial charge in [0.25, 0.3) is 5.69 Å². The molecular formula is C13H13N3O4. The second-order valence-electron chi connectivity index (χ2n) is 4.47. The lowest BCUT2D eigenvalue weighted by Crippen LogP contribution is -2.15. The number of ether oxygens (including phenoxy) is 1. The van der Waals surface area contributed by atoms with E-state index in [2.05, 4.69) is 5.32 Å². The molecule has 0 unspecified atom stereocenters. The molecule has 1 aromatic rings. The number of hydrogen-bond donors (Lipinski definition) is 1. The van der Waals surface area contributed by atoms with Crippen molar-refractivity contribution in [2.45, 2.75) is 12.8 Å². The van der Waals surface area contributed by atoms with E-state index < -0.39 is 4.92 Å². The van der Waals surface area contributed by atoms with Gasteiger partial charge < -0.3 is 10.1 Å². The van der Waals surface area contributed by atoms with Gasteiger partial charge in [-0.05, 0) is 25.0 Å². The number of nitro benzene ring substituents is 1. The van der Waals surface area contributed by atoms with Crippen molar-refractivity contribution in [1.82, 2.24) is 0 Å². The Morgan fingerprint density at radius 1 is 1.55 bits per heavy atom. The minimum Gasteiger partial charge on any atom is -0.464 e. The lowest BCUT2D eigenvalue weighted by Gasteiger charge is -2.08. The van der Waals surface area contributed by atoms with E-state index >= 15 is 0 Å². The van der Waals surface area contributed by atoms with Gasteiger partial charge in [-0.2, -0.15) is 5.26 Å². The molecule has 0 heterocycles. The van der Waals surface area contributed by atoms with Crippen molar-refractivity contribution in [3.63, 3.8) is 0 Å². The van der Waals surface area contributed by atoms with Crippen molar-refractivity contribution in [2.24, 2.45) is 5.92 Å². The van der Waals surface area contributed by atoms with Crippen LogP contribution in [-0.2, 0) is 9.53 Å². The summed E-state index contributed by atoms with van der Waals surface area (Å²) in [6.07, 6.45) is 1.76. The number of rotatable bonds is 6. The number of nitrogens with one attached hydrogen (secondary N) is 1. The molecule has 104 valence electrons. The molecule has 0 amide bonds. The van der Waals surface area contributed by atoms with Gasteiger partial charge in [-0.15, -0.1) is 0 Å². The average Bonchev–Trinajstić information content (AvgIpc) is 3.27. The molecule has 1 saturated carbocycles. The smallest absolute Gasteiger partial charge is 0.308 e. The number of nitro groups is 1. The highest BCUT2D eigenvalue weighted by molar-refractivity contribution is 5.74. The zero-order valence-electron chi connectivity index (χ0n) is 10.7. The molecule has 0 spiro atoms. The summed E-state index contributed by atoms with van der Waals surface area (Å²) in [5.41, 5.74) is 0.358. The Bertz CT molecular complexity index is 575. The summed E-state index contributed by atoms with van der Waals surface area (Å²) in [5.74, 6) is -0.166. The highest BCUT2D eigenvalue weighted by atomic mass is 16.6. The Balaban J connectivity index is 1.89. The fraction of sp³-hybridized carbons (Fsp3) is 0.385. The van der Waals surface area contributed by atoms with Crippen LogP contribution >= 0.6 is 0 Å². The summed E-state index contributed by atoms with van der Waals surface area (Å²) in [6, 6.07) is 6.02. The average molecular weight is 275 g/mol. The first-order valence-electron chi connectivity index (χ1n) is 6.21. The van der Waals surface area contributed by atoms with E-state index in [1.807, 2.05) is 6.07 Å². The number of anilines is 1. The molecule has 2 rings (SSSR count). The lowest BCUT2D eigenvalue weighted by molar-refractivity contribution is -0.384. The van der Waals surface area contributed by atoms with Crippen molar-refractivity contribution in [3.05, 3.63) is 33.9 Å². The van der Waals surface area contributed by atoms with E-state index in [4.69, 9.17) is 10.00 Å². The maximum Gasteiger partial charge on any atom is 0.308 e. The zero-order valence-corrected chi connectivity index (χ0v) is 10.7. The highest BCUT2D eigenvalue weighted by Crippen LogP contribution is 2.30. The third-order valence-corrected chi connectivity index (χ3v) is 2.90. The van der Waals surface area contributed by atoms with E-state index in [9.17, 15) is 14.9 Å². The first-order chi connectivity index (χ1) is 9.61. The van der Waals surface area contributed by atoms with Gasteiger partial charge >= 0.3 is 5.97 Å². The number of esters is 1. The molecule has 20 heavy (non-hydrogen) atoms. The SMILES string of the molecule is N#Cc1ccc(NCCOC(=O)C2CC2)c([N+](=O)[O-])c1. The van der Waals surface area contributed by atoms with Gasteiger partial charge in [0, 0.05) is 12.6 Å². The first-order valence-corrected chi connectivity index (χ1v) is 6.21. The molecule has 0 saturated heterocycles. The van der Waals surface area contributed by atoms with E-state index in [1.165, 1.54) is 18.2 Å². The van der Waals surface area contributed by atoms with Crippen molar-refractivity contribution >= 4 is 17.3 Å². The quantitative estimate of drug-likeness (QED) is 0.367. The van der Waals surface area contributed by atoms with E-state index in [1.54, 1.807) is 0 Å². The van der Waals surface area contributed by atoms with Crippen molar-refractivity contribution in [3.8, 4) is 6.07 Å². The van der Waals surface area contributed by atoms with Crippen LogP contribution in [0, 0.1) is 27.4 Å². The van der Waals surface area contributed by atoms with Crippen LogP contribution in [0.3, 0.4) is 0 Å². The van der Waals surface area contributed by atoms with Gasteiger partial charge in [-0.1, -0.05) is 0 Å². The predicted octanol–water partition coefficient (Wildman–Crippen LogP) is 1.83. The maximum absolute atomic E-state index is 11.3. The minimum absolute atomic E-state index is 0.0410. The van der Waals surface area contributed by atoms with Crippen LogP contribution < -0.4 is 5.32 Å². The normalized spacial score (nSPS) is 13.3. The molecular weight excluding hydrogens is 262 g/mol. The topological polar surface area (TPSA) is 105 Å². The summed E-state index contributed by atoms with van der Waals surface area (Å²) in [6.45, 7) is 0.442. The third-order valence-electron chi connectivity index (χ3n) is 2.90. The van der Waals surface area contributed by atoms with Crippen molar-refractivity contribution in [2.75, 3.05) is 18.5 Å². The molecule has 7 heteroatoms. The number of carbonyl (C=O) groups is 1. The van der Waals surface area contributed by atoms with Gasteiger partial charge in [0.15, 0.2) is 0 Å². The zero-order chi connectivity index (χ0) is 14.5. The largest absolute Gasteiger partial charge is 0.464 e. The number of nitriles is 1. The van der Waals surface area contributed by atoms with Crippen LogP contribution in [0.25, 0.3) is 0 Å². The highest BCUT2D eigenvalue weighted by Gasteiger charge is 2.31. The summed E-state index contributed by atoms with van der Waals surface area (Å²) >= 11 is 0. The summed E-state index contributed by atoms with van der Waals surface area (Å²) in [7, 11) is 0. The molecule has 0 aromatic heterocycles. The van der Waals surface area contributed by atoms with Crippen LogP contribution in [0.2, 0.25) is 0 Å². The molecule has 1 aromatic carbocycles. The fourth-order valence-electron chi connectivity index (χ4n) is 1.68. The molecule has 0 radical (unpaired) electrons. The van der Waals surface area contributed by atoms with E-state index in [0.29, 0.717) is 5.69 Å². The monoisotopic (exact) mass is 275 g/mol. The van der Waals surface area contributed by atoms with Gasteiger partial charge in [0.1, 0.15) is 12.3 Å². The second kappa shape index (κ2) is 6.02. The fourth-order valence-corrected chi connectivity index (χ4v) is 1.68. The predicted molar refractivity (Wildman–Crippen MR) is 70.0 cm³/mol. The van der Waals surface area contributed by atoms with Crippen molar-refractivity contribution in [1.29, 1.82) is 5.26 Å². The molecule has 1 aliphatic rings. The summed E-state index contributed by atoms with van der Waals surface area (Å²) in [5, 5.41) is 22.4. The van der Waals surface area contributed by atoms with Crippen LogP contribution in [0.15, 0.2) is 18.2 Å². The van der Waals surface area contributed by atoms with Gasteiger partial charge in [-0.3, -0.25) is 14.9 Å². The molecule has 1 fully saturated rings. The van der Waals surface area contributed by atoms with Crippen LogP contribution in [0.1, 0.15) is 18.4 Å². The molecule has 0 bridgehead atoms. The number of hydrogen-bond acceptors (Lipinski definition) is 6. The summed E-state index contributed by atoms with van der Waals surface area (Å²) in [4.78, 5) is 21.6. The van der Waals surface area contributed by atoms with E-state index in [-0.39, 0.29) is 36.3 Å². The first kappa shape index (κ1) is 13.8. The molecule has 1 N–H and O–H groups in total. The van der Waals surface area contributed by atoms with E-state index in [0.717, 1.165) is 12.8 Å². The van der Waals surface area contributed by atoms with Gasteiger partial charge in [0.05, 0.1) is 22.5 Å². The number of benzene rings is 1. The van der Waals surface area contributed by atoms with Crippen LogP contribution in [-0.4, -0.2) is 24.0 Å². The molecule has 0 aliphatic heterocycles. The van der Waals surface area contributed by atoms with Gasteiger partial charge in [0.2, 0.25) is 0 Å². The lowest BCUT2D eigenvalue weighted by atomic mass is 10.2. The Morgan fingerprint density at radius 3 is 2.90 bits per heavy atom. The van der Waals surface area contributed by atoms with Crippen LogP contribution in [0.4, 0.5) is 11.4 Å². The Kier molecular flexibility index (Phi) is 4.15. The summed E-state index contributed by atoms with van der Waals surface area (Å²) < 4.78 is 5.01. The Labute approximate surface area is 115 Å². The Hall–Kier alpha value is -2.62. The van der Waals surface area contributed by atoms with Gasteiger partial charge in [-0.25, -0.2) is 0 Å². The molecule has 7 nitrogen and oxygen atoms in total. The number of nitrogens with zero attached hydrogens (tertiary/aromatic N) is 2. The number of carbonyl (C=O) groups excluding carboxylic acids is 1. The maximum atomic E-state index is 11.3. The Morgan fingerprint density at radius 2 is 2.30 bits per heavy atom. The van der Waals surface area contributed by atoms with Crippen LogP contribution in [0.5, 0.6) is 0 Å². The molecule has 0 atom stereocenters.